The molecule has 1 aromatic carbocycles. The number of urea groups is 1. The molecule has 0 radical (unpaired) electrons. The SMILES string of the molecule is CCN(CC)C(=O)NS(=O)(=O)C(C)=Cc1ccccc1. The number of hydrogen-bond donors (Lipinski definition) is 1. The number of hydrogen-bond acceptors (Lipinski definition) is 3. The Morgan fingerprint density at radius 1 is 1.20 bits per heavy atom. The number of amides is 2. The Morgan fingerprint density at radius 3 is 2.25 bits per heavy atom. The first-order valence-electron chi connectivity index (χ1n) is 6.45. The Kier molecular flexibility index (Phi) is 5.76. The first-order valence-corrected chi connectivity index (χ1v) is 7.94. The molecule has 0 saturated carbocycles. The van der Waals surface area contributed by atoms with Crippen molar-refractivity contribution in [1.82, 2.24) is 9.62 Å². The van der Waals surface area contributed by atoms with Crippen LogP contribution in [0.25, 0.3) is 6.08 Å². The van der Waals surface area contributed by atoms with Gasteiger partial charge in [-0.2, -0.15) is 0 Å². The van der Waals surface area contributed by atoms with Crippen LogP contribution in [0.2, 0.25) is 0 Å². The summed E-state index contributed by atoms with van der Waals surface area (Å²) in [4.78, 5) is 13.3. The maximum absolute atomic E-state index is 12.1. The fraction of sp³-hybridized carbons (Fsp3) is 0.357. The van der Waals surface area contributed by atoms with Gasteiger partial charge in [-0.3, -0.25) is 0 Å². The minimum absolute atomic E-state index is 0.101. The van der Waals surface area contributed by atoms with Gasteiger partial charge in [0, 0.05) is 13.1 Å². The number of sulfonamides is 1. The standard InChI is InChI=1S/C14H20N2O3S/c1-4-16(5-2)14(17)15-20(18,19)12(3)11-13-9-7-6-8-10-13/h6-11H,4-5H2,1-3H3,(H,15,17). The van der Waals surface area contributed by atoms with Gasteiger partial charge in [-0.15, -0.1) is 0 Å². The van der Waals surface area contributed by atoms with Crippen LogP contribution in [0.3, 0.4) is 0 Å². The summed E-state index contributed by atoms with van der Waals surface area (Å²) in [5, 5.41) is 0. The largest absolute Gasteiger partial charge is 0.331 e. The molecule has 1 N–H and O–H groups in total. The lowest BCUT2D eigenvalue weighted by atomic mass is 10.2. The van der Waals surface area contributed by atoms with Crippen molar-refractivity contribution in [3.05, 3.63) is 40.8 Å². The van der Waals surface area contributed by atoms with E-state index in [2.05, 4.69) is 4.72 Å². The van der Waals surface area contributed by atoms with E-state index in [-0.39, 0.29) is 4.91 Å². The van der Waals surface area contributed by atoms with E-state index in [1.54, 1.807) is 26.0 Å². The van der Waals surface area contributed by atoms with E-state index in [0.29, 0.717) is 13.1 Å². The third kappa shape index (κ3) is 4.38. The number of nitrogens with zero attached hydrogens (tertiary/aromatic N) is 1. The number of allylic oxidation sites excluding steroid dienone is 1. The Bertz CT molecular complexity index is 576. The van der Waals surface area contributed by atoms with Gasteiger partial charge in [0.2, 0.25) is 0 Å². The van der Waals surface area contributed by atoms with Crippen molar-refractivity contribution in [2.45, 2.75) is 20.8 Å². The van der Waals surface area contributed by atoms with E-state index in [4.69, 9.17) is 0 Å². The maximum atomic E-state index is 12.1. The van der Waals surface area contributed by atoms with Gasteiger partial charge >= 0.3 is 6.03 Å². The highest BCUT2D eigenvalue weighted by molar-refractivity contribution is 7.94. The molecule has 0 aromatic heterocycles. The second kappa shape index (κ2) is 7.09. The molecule has 0 bridgehead atoms. The van der Waals surface area contributed by atoms with Gasteiger partial charge in [0.15, 0.2) is 0 Å². The van der Waals surface area contributed by atoms with Crippen molar-refractivity contribution in [3.63, 3.8) is 0 Å². The topological polar surface area (TPSA) is 66.5 Å². The van der Waals surface area contributed by atoms with E-state index < -0.39 is 16.1 Å². The maximum Gasteiger partial charge on any atom is 0.331 e. The molecule has 0 fully saturated rings. The Balaban J connectivity index is 2.89. The van der Waals surface area contributed by atoms with Crippen LogP contribution in [-0.4, -0.2) is 32.4 Å². The summed E-state index contributed by atoms with van der Waals surface area (Å²) in [6.07, 6.45) is 1.53. The van der Waals surface area contributed by atoms with E-state index in [0.717, 1.165) is 5.56 Å². The first kappa shape index (κ1) is 16.2. The fourth-order valence-corrected chi connectivity index (χ4v) is 2.44. The minimum Gasteiger partial charge on any atom is -0.325 e. The van der Waals surface area contributed by atoms with Crippen molar-refractivity contribution < 1.29 is 13.2 Å². The van der Waals surface area contributed by atoms with Gasteiger partial charge in [0.05, 0.1) is 4.91 Å². The lowest BCUT2D eigenvalue weighted by Gasteiger charge is -2.19. The molecule has 0 aliphatic heterocycles. The zero-order valence-electron chi connectivity index (χ0n) is 12.0. The molecule has 0 aliphatic rings. The van der Waals surface area contributed by atoms with Crippen LogP contribution < -0.4 is 4.72 Å². The zero-order chi connectivity index (χ0) is 15.2. The number of benzene rings is 1. The van der Waals surface area contributed by atoms with Gasteiger partial charge in [-0.1, -0.05) is 30.3 Å². The summed E-state index contributed by atoms with van der Waals surface area (Å²) in [5.41, 5.74) is 0.769. The van der Waals surface area contributed by atoms with Gasteiger partial charge in [0.25, 0.3) is 10.0 Å². The van der Waals surface area contributed by atoms with Gasteiger partial charge in [-0.05, 0) is 32.4 Å². The summed E-state index contributed by atoms with van der Waals surface area (Å²) >= 11 is 0. The van der Waals surface area contributed by atoms with E-state index in [1.165, 1.54) is 17.9 Å². The van der Waals surface area contributed by atoms with Crippen LogP contribution in [0.5, 0.6) is 0 Å². The fourth-order valence-electron chi connectivity index (χ4n) is 1.63. The lowest BCUT2D eigenvalue weighted by molar-refractivity contribution is 0.209. The zero-order valence-corrected chi connectivity index (χ0v) is 12.8. The molecule has 0 aliphatic carbocycles. The summed E-state index contributed by atoms with van der Waals surface area (Å²) in [6.45, 7) is 5.97. The molecule has 6 heteroatoms. The van der Waals surface area contributed by atoms with E-state index in [9.17, 15) is 13.2 Å². The average Bonchev–Trinajstić information content (AvgIpc) is 2.40. The normalized spacial score (nSPS) is 12.1. The third-order valence-corrected chi connectivity index (χ3v) is 4.27. The average molecular weight is 296 g/mol. The number of carbonyl (C=O) groups is 1. The predicted octanol–water partition coefficient (Wildman–Crippen LogP) is 2.43. The molecule has 2 amide bonds. The molecule has 5 nitrogen and oxygen atoms in total. The van der Waals surface area contributed by atoms with Crippen molar-refractivity contribution in [2.75, 3.05) is 13.1 Å². The van der Waals surface area contributed by atoms with Gasteiger partial charge in [0.1, 0.15) is 0 Å². The van der Waals surface area contributed by atoms with Crippen LogP contribution in [0.15, 0.2) is 35.2 Å². The van der Waals surface area contributed by atoms with Crippen LogP contribution >= 0.6 is 0 Å². The predicted molar refractivity (Wildman–Crippen MR) is 80.5 cm³/mol. The van der Waals surface area contributed by atoms with Crippen LogP contribution in [0, 0.1) is 0 Å². The van der Waals surface area contributed by atoms with E-state index >= 15 is 0 Å². The van der Waals surface area contributed by atoms with E-state index in [1.807, 2.05) is 18.2 Å². The monoisotopic (exact) mass is 296 g/mol. The third-order valence-electron chi connectivity index (χ3n) is 2.87. The Morgan fingerprint density at radius 2 is 1.75 bits per heavy atom. The summed E-state index contributed by atoms with van der Waals surface area (Å²) in [5.74, 6) is 0. The lowest BCUT2D eigenvalue weighted by Crippen LogP contribution is -2.42. The van der Waals surface area contributed by atoms with Crippen molar-refractivity contribution in [1.29, 1.82) is 0 Å². The summed E-state index contributed by atoms with van der Waals surface area (Å²) in [7, 11) is -3.80. The highest BCUT2D eigenvalue weighted by Gasteiger charge is 2.19. The first-order chi connectivity index (χ1) is 9.40. The van der Waals surface area contributed by atoms with Gasteiger partial charge in [-0.25, -0.2) is 17.9 Å². The molecular weight excluding hydrogens is 276 g/mol. The van der Waals surface area contributed by atoms with Crippen molar-refractivity contribution in [3.8, 4) is 0 Å². The van der Waals surface area contributed by atoms with Crippen LogP contribution in [0.4, 0.5) is 4.79 Å². The Labute approximate surface area is 120 Å². The summed E-state index contributed by atoms with van der Waals surface area (Å²) in [6, 6.07) is 8.48. The second-order valence-corrected chi connectivity index (χ2v) is 6.10. The smallest absolute Gasteiger partial charge is 0.325 e. The molecular formula is C14H20N2O3S. The van der Waals surface area contributed by atoms with Crippen molar-refractivity contribution >= 4 is 22.1 Å². The Hall–Kier alpha value is -1.82. The molecule has 0 unspecified atom stereocenters. The number of nitrogens with one attached hydrogen (secondary N) is 1. The molecule has 0 heterocycles. The quantitative estimate of drug-likeness (QED) is 0.907. The molecule has 1 aromatic rings. The highest BCUT2D eigenvalue weighted by Crippen LogP contribution is 2.11. The molecule has 1 rings (SSSR count). The molecule has 0 saturated heterocycles. The number of rotatable bonds is 5. The van der Waals surface area contributed by atoms with Crippen molar-refractivity contribution in [2.24, 2.45) is 0 Å². The highest BCUT2D eigenvalue weighted by atomic mass is 32.2. The summed E-state index contributed by atoms with van der Waals surface area (Å²) < 4.78 is 26.2. The second-order valence-electron chi connectivity index (χ2n) is 4.25. The van der Waals surface area contributed by atoms with Gasteiger partial charge < -0.3 is 4.90 Å². The minimum atomic E-state index is -3.80. The molecule has 20 heavy (non-hydrogen) atoms. The molecule has 0 spiro atoms. The van der Waals surface area contributed by atoms with Crippen LogP contribution in [0.1, 0.15) is 26.3 Å². The van der Waals surface area contributed by atoms with Crippen LogP contribution in [-0.2, 0) is 10.0 Å². The molecule has 0 atom stereocenters. The molecule has 110 valence electrons. The number of carbonyl (C=O) groups excluding carboxylic acids is 1.